The van der Waals surface area contributed by atoms with Crippen molar-refractivity contribution in [1.29, 1.82) is 0 Å². The molecule has 0 amide bonds. The van der Waals surface area contributed by atoms with E-state index >= 15 is 0 Å². The van der Waals surface area contributed by atoms with Gasteiger partial charge in [0.1, 0.15) is 11.3 Å². The van der Waals surface area contributed by atoms with Gasteiger partial charge in [-0.1, -0.05) is 36.4 Å². The maximum absolute atomic E-state index is 11.7. The topological polar surface area (TPSA) is 58.6 Å². The molecule has 0 aliphatic rings. The molecule has 0 saturated heterocycles. The molecule has 0 aliphatic carbocycles. The van der Waals surface area contributed by atoms with Crippen molar-refractivity contribution < 1.29 is 14.6 Å². The second-order valence-electron chi connectivity index (χ2n) is 5.16. The molecule has 4 heteroatoms. The van der Waals surface area contributed by atoms with Gasteiger partial charge in [0.15, 0.2) is 0 Å². The Bertz CT molecular complexity index is 612. The number of aliphatic carboxylic acids is 1. The first-order valence-corrected chi connectivity index (χ1v) is 6.73. The largest absolute Gasteiger partial charge is 0.497 e. The Labute approximate surface area is 124 Å². The van der Waals surface area contributed by atoms with E-state index in [4.69, 9.17) is 4.74 Å². The van der Waals surface area contributed by atoms with E-state index in [1.54, 1.807) is 20.1 Å². The van der Waals surface area contributed by atoms with Gasteiger partial charge in [-0.15, -0.1) is 0 Å². The minimum Gasteiger partial charge on any atom is -0.497 e. The first-order chi connectivity index (χ1) is 10.0. The molecule has 0 fully saturated rings. The van der Waals surface area contributed by atoms with Crippen LogP contribution in [-0.4, -0.2) is 23.7 Å². The smallest absolute Gasteiger partial charge is 0.329 e. The van der Waals surface area contributed by atoms with Crippen LogP contribution in [0, 0.1) is 0 Å². The number of carboxylic acids is 1. The minimum absolute atomic E-state index is 0.389. The van der Waals surface area contributed by atoms with Gasteiger partial charge < -0.3 is 15.2 Å². The van der Waals surface area contributed by atoms with Crippen LogP contribution in [0.2, 0.25) is 0 Å². The van der Waals surface area contributed by atoms with Crippen LogP contribution in [0.3, 0.4) is 0 Å². The Morgan fingerprint density at radius 2 is 1.90 bits per heavy atom. The van der Waals surface area contributed by atoms with Crippen molar-refractivity contribution in [3.05, 3.63) is 60.2 Å². The van der Waals surface area contributed by atoms with Crippen LogP contribution in [0.5, 0.6) is 5.75 Å². The van der Waals surface area contributed by atoms with Gasteiger partial charge in [0, 0.05) is 18.2 Å². The third-order valence-electron chi connectivity index (χ3n) is 3.36. The van der Waals surface area contributed by atoms with E-state index in [9.17, 15) is 9.90 Å². The van der Waals surface area contributed by atoms with Crippen molar-refractivity contribution in [2.24, 2.45) is 0 Å². The Morgan fingerprint density at radius 3 is 2.52 bits per heavy atom. The number of methoxy groups -OCH3 is 1. The molecule has 1 unspecified atom stereocenters. The number of anilines is 1. The average Bonchev–Trinajstić information content (AvgIpc) is 2.48. The predicted octanol–water partition coefficient (Wildman–Crippen LogP) is 3.19. The van der Waals surface area contributed by atoms with Crippen LogP contribution in [-0.2, 0) is 11.2 Å². The number of hydrogen-bond acceptors (Lipinski definition) is 3. The average molecular weight is 285 g/mol. The zero-order chi connectivity index (χ0) is 15.3. The summed E-state index contributed by atoms with van der Waals surface area (Å²) in [7, 11) is 1.58. The van der Waals surface area contributed by atoms with Gasteiger partial charge in [-0.05, 0) is 24.6 Å². The first-order valence-electron chi connectivity index (χ1n) is 6.73. The zero-order valence-electron chi connectivity index (χ0n) is 12.2. The number of hydrogen-bond donors (Lipinski definition) is 2. The number of carbonyl (C=O) groups is 1. The third-order valence-corrected chi connectivity index (χ3v) is 3.36. The molecule has 0 spiro atoms. The molecule has 2 aromatic carbocycles. The van der Waals surface area contributed by atoms with Crippen molar-refractivity contribution in [2.45, 2.75) is 18.9 Å². The van der Waals surface area contributed by atoms with Crippen LogP contribution in [0.1, 0.15) is 12.5 Å². The van der Waals surface area contributed by atoms with Gasteiger partial charge in [0.05, 0.1) is 7.11 Å². The minimum atomic E-state index is -1.09. The summed E-state index contributed by atoms with van der Waals surface area (Å²) >= 11 is 0. The van der Waals surface area contributed by atoms with Gasteiger partial charge in [-0.3, -0.25) is 0 Å². The van der Waals surface area contributed by atoms with E-state index in [0.717, 1.165) is 11.3 Å². The summed E-state index contributed by atoms with van der Waals surface area (Å²) in [6, 6.07) is 16.8. The van der Waals surface area contributed by atoms with E-state index in [1.165, 1.54) is 0 Å². The van der Waals surface area contributed by atoms with E-state index in [1.807, 2.05) is 48.5 Å². The molecule has 4 nitrogen and oxygen atoms in total. The lowest BCUT2D eigenvalue weighted by Crippen LogP contribution is -2.45. The molecule has 0 radical (unpaired) electrons. The lowest BCUT2D eigenvalue weighted by Gasteiger charge is -2.27. The van der Waals surface area contributed by atoms with Crippen molar-refractivity contribution in [3.8, 4) is 5.75 Å². The molecule has 2 aromatic rings. The highest BCUT2D eigenvalue weighted by molar-refractivity contribution is 5.82. The molecular formula is C17H19NO3. The molecular weight excluding hydrogens is 266 g/mol. The fraction of sp³-hybridized carbons (Fsp3) is 0.235. The molecule has 110 valence electrons. The monoisotopic (exact) mass is 285 g/mol. The Kier molecular flexibility index (Phi) is 4.48. The van der Waals surface area contributed by atoms with Crippen molar-refractivity contribution in [2.75, 3.05) is 12.4 Å². The first kappa shape index (κ1) is 14.9. The molecule has 0 aromatic heterocycles. The Morgan fingerprint density at radius 1 is 1.19 bits per heavy atom. The summed E-state index contributed by atoms with van der Waals surface area (Å²) < 4.78 is 5.16. The quantitative estimate of drug-likeness (QED) is 0.855. The highest BCUT2D eigenvalue weighted by Crippen LogP contribution is 2.23. The zero-order valence-corrected chi connectivity index (χ0v) is 12.2. The van der Waals surface area contributed by atoms with Gasteiger partial charge in [-0.25, -0.2) is 4.79 Å². The number of carboxylic acid groups (broad SMARTS) is 1. The summed E-state index contributed by atoms with van der Waals surface area (Å²) in [5.41, 5.74) is 0.598. The summed E-state index contributed by atoms with van der Waals surface area (Å²) in [6.45, 7) is 1.68. The molecule has 0 bridgehead atoms. The van der Waals surface area contributed by atoms with Crippen molar-refractivity contribution in [3.63, 3.8) is 0 Å². The van der Waals surface area contributed by atoms with Crippen LogP contribution in [0.25, 0.3) is 0 Å². The van der Waals surface area contributed by atoms with Gasteiger partial charge >= 0.3 is 5.97 Å². The second kappa shape index (κ2) is 6.31. The highest BCUT2D eigenvalue weighted by Gasteiger charge is 2.33. The van der Waals surface area contributed by atoms with E-state index in [0.29, 0.717) is 12.2 Å². The van der Waals surface area contributed by atoms with E-state index in [2.05, 4.69) is 5.32 Å². The summed E-state index contributed by atoms with van der Waals surface area (Å²) in [5.74, 6) is -0.207. The van der Waals surface area contributed by atoms with Crippen molar-refractivity contribution >= 4 is 11.7 Å². The Balaban J connectivity index is 2.23. The molecule has 21 heavy (non-hydrogen) atoms. The summed E-state index contributed by atoms with van der Waals surface area (Å²) in [6.07, 6.45) is 0.389. The van der Waals surface area contributed by atoms with E-state index < -0.39 is 11.5 Å². The molecule has 0 heterocycles. The SMILES string of the molecule is COc1cccc(NC(C)(Cc2ccccc2)C(=O)O)c1. The lowest BCUT2D eigenvalue weighted by atomic mass is 9.92. The number of nitrogens with one attached hydrogen (secondary N) is 1. The highest BCUT2D eigenvalue weighted by atomic mass is 16.5. The van der Waals surface area contributed by atoms with Crippen LogP contribution in [0.15, 0.2) is 54.6 Å². The maximum atomic E-state index is 11.7. The van der Waals surface area contributed by atoms with Crippen molar-refractivity contribution in [1.82, 2.24) is 0 Å². The fourth-order valence-corrected chi connectivity index (χ4v) is 2.20. The molecule has 0 saturated carbocycles. The van der Waals surface area contributed by atoms with E-state index in [-0.39, 0.29) is 0 Å². The standard InChI is InChI=1S/C17H19NO3/c1-17(16(19)20,12-13-7-4-3-5-8-13)18-14-9-6-10-15(11-14)21-2/h3-11,18H,12H2,1-2H3,(H,19,20). The van der Waals surface area contributed by atoms with Gasteiger partial charge in [0.2, 0.25) is 0 Å². The third kappa shape index (κ3) is 3.75. The lowest BCUT2D eigenvalue weighted by molar-refractivity contribution is -0.141. The van der Waals surface area contributed by atoms with Gasteiger partial charge in [0.25, 0.3) is 0 Å². The molecule has 0 aliphatic heterocycles. The van der Waals surface area contributed by atoms with Gasteiger partial charge in [-0.2, -0.15) is 0 Å². The second-order valence-corrected chi connectivity index (χ2v) is 5.16. The van der Waals surface area contributed by atoms with Crippen LogP contribution >= 0.6 is 0 Å². The molecule has 1 atom stereocenters. The molecule has 2 rings (SSSR count). The van der Waals surface area contributed by atoms with Crippen LogP contribution < -0.4 is 10.1 Å². The number of benzene rings is 2. The molecule has 2 N–H and O–H groups in total. The maximum Gasteiger partial charge on any atom is 0.329 e. The fourth-order valence-electron chi connectivity index (χ4n) is 2.20. The number of rotatable bonds is 6. The summed E-state index contributed by atoms with van der Waals surface area (Å²) in [4.78, 5) is 11.7. The Hall–Kier alpha value is -2.49. The normalized spacial score (nSPS) is 13.2. The summed E-state index contributed by atoms with van der Waals surface area (Å²) in [5, 5.41) is 12.7. The van der Waals surface area contributed by atoms with Crippen LogP contribution in [0.4, 0.5) is 5.69 Å². The predicted molar refractivity (Wildman–Crippen MR) is 82.8 cm³/mol. The number of ether oxygens (including phenoxy) is 1.